The van der Waals surface area contributed by atoms with Gasteiger partial charge in [0.1, 0.15) is 6.61 Å². The Kier molecular flexibility index (Phi) is 12.4. The van der Waals surface area contributed by atoms with Gasteiger partial charge in [0.25, 0.3) is 0 Å². The van der Waals surface area contributed by atoms with E-state index in [-0.39, 0.29) is 24.5 Å². The number of aromatic amines is 1. The van der Waals surface area contributed by atoms with Crippen LogP contribution in [-0.4, -0.2) is 57.9 Å². The fraction of sp³-hybridized carbons (Fsp3) is 0.386. The zero-order valence-corrected chi connectivity index (χ0v) is 31.5. The lowest BCUT2D eigenvalue weighted by molar-refractivity contribution is -0.135. The number of nitrogens with zero attached hydrogens (tertiary/aromatic N) is 3. The second kappa shape index (κ2) is 16.9. The molecule has 5 rings (SSSR count). The van der Waals surface area contributed by atoms with Gasteiger partial charge in [0.2, 0.25) is 5.91 Å². The first-order chi connectivity index (χ1) is 24.5. The first-order valence-electron chi connectivity index (χ1n) is 18.4. The van der Waals surface area contributed by atoms with Crippen molar-refractivity contribution in [2.45, 2.75) is 85.7 Å². The lowest BCUT2D eigenvalue weighted by atomic mass is 9.81. The van der Waals surface area contributed by atoms with Crippen molar-refractivity contribution in [1.29, 1.82) is 0 Å². The van der Waals surface area contributed by atoms with Crippen molar-refractivity contribution in [2.24, 2.45) is 0 Å². The van der Waals surface area contributed by atoms with Gasteiger partial charge in [-0.05, 0) is 125 Å². The third-order valence-corrected chi connectivity index (χ3v) is 10.00. The van der Waals surface area contributed by atoms with Gasteiger partial charge in [0.05, 0.1) is 11.1 Å². The van der Waals surface area contributed by atoms with Crippen LogP contribution in [0.4, 0.5) is 4.79 Å². The monoisotopic (exact) mass is 686 g/mol. The van der Waals surface area contributed by atoms with Gasteiger partial charge in [0, 0.05) is 55.4 Å². The Bertz CT molecular complexity index is 1890. The molecule has 2 aromatic heterocycles. The minimum absolute atomic E-state index is 0.0455. The van der Waals surface area contributed by atoms with Crippen molar-refractivity contribution in [2.75, 3.05) is 26.2 Å². The molecule has 268 valence electrons. The summed E-state index contributed by atoms with van der Waals surface area (Å²) in [5.41, 5.74) is 9.15. The van der Waals surface area contributed by atoms with E-state index >= 15 is 0 Å². The number of pyridine rings is 1. The van der Waals surface area contributed by atoms with Crippen LogP contribution < -0.4 is 0 Å². The fourth-order valence-corrected chi connectivity index (χ4v) is 7.16. The molecule has 2 amide bonds. The third kappa shape index (κ3) is 9.07. The van der Waals surface area contributed by atoms with Crippen LogP contribution in [0.2, 0.25) is 0 Å². The number of benzene rings is 3. The van der Waals surface area contributed by atoms with Crippen LogP contribution in [-0.2, 0) is 28.0 Å². The Labute approximate surface area is 304 Å². The second-order valence-corrected chi connectivity index (χ2v) is 14.4. The first kappa shape index (κ1) is 37.3. The molecular formula is C44H54N4O3. The quantitative estimate of drug-likeness (QED) is 0.111. The van der Waals surface area contributed by atoms with Crippen molar-refractivity contribution in [3.8, 4) is 11.3 Å². The maximum atomic E-state index is 13.8. The lowest BCUT2D eigenvalue weighted by Crippen LogP contribution is -2.43. The highest BCUT2D eigenvalue weighted by molar-refractivity contribution is 5.94. The summed E-state index contributed by atoms with van der Waals surface area (Å²) in [5, 5.41) is 1.07. The molecule has 0 unspecified atom stereocenters. The number of H-pyrrole nitrogens is 1. The van der Waals surface area contributed by atoms with Crippen LogP contribution in [0.3, 0.4) is 0 Å². The number of carbonyl (C=O) groups excluding carboxylic acids is 2. The molecule has 0 spiro atoms. The van der Waals surface area contributed by atoms with Gasteiger partial charge in [0.15, 0.2) is 0 Å². The molecule has 0 aliphatic heterocycles. The number of carbonyl (C=O) groups is 2. The summed E-state index contributed by atoms with van der Waals surface area (Å²) in [6.07, 6.45) is 6.05. The first-order valence-corrected chi connectivity index (χ1v) is 18.4. The second-order valence-electron chi connectivity index (χ2n) is 14.4. The van der Waals surface area contributed by atoms with Crippen LogP contribution in [0, 0.1) is 13.8 Å². The highest BCUT2D eigenvalue weighted by Crippen LogP contribution is 2.39. The average Bonchev–Trinajstić information content (AvgIpc) is 3.52. The molecule has 2 heterocycles. The molecule has 1 atom stereocenters. The van der Waals surface area contributed by atoms with Crippen LogP contribution in [0.25, 0.3) is 22.2 Å². The standard InChI is InChI=1S/C44H54N4O3/c1-8-47(9-2)42(49)44(6,7)37-18-19-39-38(28-37)40(41(46-39)36-26-31(3)25-32(4)27-36)33(5)29-48(24-14-13-15-34-20-22-45-23-21-34)43(50)51-30-35-16-11-10-12-17-35/h10-12,16-23,25-28,33,46H,8-9,13-15,24,29-30H2,1-7H3/t33-/m0/s1. The van der Waals surface area contributed by atoms with Gasteiger partial charge >= 0.3 is 6.09 Å². The number of aryl methyl sites for hydroxylation is 3. The van der Waals surface area contributed by atoms with E-state index in [0.29, 0.717) is 26.2 Å². The van der Waals surface area contributed by atoms with Gasteiger partial charge in [-0.15, -0.1) is 0 Å². The fourth-order valence-electron chi connectivity index (χ4n) is 7.16. The van der Waals surface area contributed by atoms with Gasteiger partial charge in [-0.2, -0.15) is 0 Å². The maximum Gasteiger partial charge on any atom is 0.410 e. The van der Waals surface area contributed by atoms with Crippen molar-refractivity contribution in [1.82, 2.24) is 19.8 Å². The molecule has 0 fully saturated rings. The normalized spacial score (nSPS) is 12.1. The summed E-state index contributed by atoms with van der Waals surface area (Å²) in [6, 6.07) is 26.9. The molecule has 0 radical (unpaired) electrons. The third-order valence-electron chi connectivity index (χ3n) is 10.00. The number of unbranched alkanes of at least 4 members (excludes halogenated alkanes) is 1. The van der Waals surface area contributed by atoms with Crippen molar-refractivity contribution in [3.63, 3.8) is 0 Å². The number of rotatable bonds is 15. The minimum Gasteiger partial charge on any atom is -0.445 e. The molecule has 7 nitrogen and oxygen atoms in total. The maximum absolute atomic E-state index is 13.8. The van der Waals surface area contributed by atoms with Gasteiger partial charge < -0.3 is 19.5 Å². The van der Waals surface area contributed by atoms with E-state index < -0.39 is 5.41 Å². The molecule has 5 aromatic rings. The molecule has 0 saturated carbocycles. The van der Waals surface area contributed by atoms with Crippen LogP contribution in [0.1, 0.15) is 86.8 Å². The summed E-state index contributed by atoms with van der Waals surface area (Å²) in [5.74, 6) is 0.0708. The molecule has 0 aliphatic carbocycles. The van der Waals surface area contributed by atoms with E-state index in [4.69, 9.17) is 4.74 Å². The van der Waals surface area contributed by atoms with Gasteiger partial charge in [-0.3, -0.25) is 9.78 Å². The Balaban J connectivity index is 1.51. The topological polar surface area (TPSA) is 78.5 Å². The summed E-state index contributed by atoms with van der Waals surface area (Å²) in [7, 11) is 0. The smallest absolute Gasteiger partial charge is 0.410 e. The zero-order chi connectivity index (χ0) is 36.5. The van der Waals surface area contributed by atoms with E-state index in [1.54, 1.807) is 0 Å². The zero-order valence-electron chi connectivity index (χ0n) is 31.5. The van der Waals surface area contributed by atoms with E-state index in [0.717, 1.165) is 58.1 Å². The van der Waals surface area contributed by atoms with Crippen LogP contribution >= 0.6 is 0 Å². The summed E-state index contributed by atoms with van der Waals surface area (Å²) < 4.78 is 5.92. The Hall–Kier alpha value is -4.91. The Morgan fingerprint density at radius 1 is 0.843 bits per heavy atom. The SMILES string of the molecule is CCN(CC)C(=O)C(C)(C)c1ccc2[nH]c(-c3cc(C)cc(C)c3)c([C@@H](C)CN(CCCCc3ccncc3)C(=O)OCc3ccccc3)c2c1. The van der Waals surface area contributed by atoms with Gasteiger partial charge in [-0.1, -0.05) is 60.5 Å². The number of nitrogens with one attached hydrogen (secondary N) is 1. The number of amides is 2. The van der Waals surface area contributed by atoms with E-state index in [1.807, 2.05) is 92.4 Å². The summed E-state index contributed by atoms with van der Waals surface area (Å²) >= 11 is 0. The van der Waals surface area contributed by atoms with E-state index in [9.17, 15) is 9.59 Å². The lowest BCUT2D eigenvalue weighted by Gasteiger charge is -2.31. The predicted molar refractivity (Wildman–Crippen MR) is 208 cm³/mol. The highest BCUT2D eigenvalue weighted by Gasteiger charge is 2.34. The largest absolute Gasteiger partial charge is 0.445 e. The van der Waals surface area contributed by atoms with Crippen LogP contribution in [0.5, 0.6) is 0 Å². The van der Waals surface area contributed by atoms with E-state index in [2.05, 4.69) is 67.1 Å². The molecule has 1 N–H and O–H groups in total. The number of fused-ring (bicyclic) bond motifs is 1. The number of hydrogen-bond donors (Lipinski definition) is 1. The molecule has 0 bridgehead atoms. The molecule has 51 heavy (non-hydrogen) atoms. The summed E-state index contributed by atoms with van der Waals surface area (Å²) in [6.45, 7) is 17.2. The minimum atomic E-state index is -0.708. The van der Waals surface area contributed by atoms with Crippen molar-refractivity contribution < 1.29 is 14.3 Å². The molecule has 0 saturated heterocycles. The highest BCUT2D eigenvalue weighted by atomic mass is 16.6. The van der Waals surface area contributed by atoms with E-state index in [1.165, 1.54) is 16.7 Å². The van der Waals surface area contributed by atoms with Crippen LogP contribution in [0.15, 0.2) is 91.3 Å². The predicted octanol–water partition coefficient (Wildman–Crippen LogP) is 9.76. The number of likely N-dealkylation sites (N-methyl/N-ethyl adjacent to an activating group) is 1. The molecule has 7 heteroatoms. The van der Waals surface area contributed by atoms with Crippen molar-refractivity contribution in [3.05, 3.63) is 125 Å². The molecular weight excluding hydrogens is 633 g/mol. The Morgan fingerprint density at radius 2 is 1.53 bits per heavy atom. The number of hydrogen-bond acceptors (Lipinski definition) is 4. The Morgan fingerprint density at radius 3 is 2.20 bits per heavy atom. The number of ether oxygens (including phenoxy) is 1. The van der Waals surface area contributed by atoms with Crippen molar-refractivity contribution >= 4 is 22.9 Å². The van der Waals surface area contributed by atoms with Gasteiger partial charge in [-0.25, -0.2) is 4.79 Å². The number of aromatic nitrogens is 2. The molecule has 0 aliphatic rings. The summed E-state index contributed by atoms with van der Waals surface area (Å²) in [4.78, 5) is 39.2. The average molecular weight is 687 g/mol. The molecule has 3 aromatic carbocycles.